The van der Waals surface area contributed by atoms with Gasteiger partial charge in [0.2, 0.25) is 0 Å². The average molecular weight is 326 g/mol. The predicted octanol–water partition coefficient (Wildman–Crippen LogP) is 4.38. The molecule has 0 spiro atoms. The molecule has 0 saturated carbocycles. The van der Waals surface area contributed by atoms with E-state index in [9.17, 15) is 0 Å². The van der Waals surface area contributed by atoms with Crippen LogP contribution in [0.15, 0.2) is 42.6 Å². The summed E-state index contributed by atoms with van der Waals surface area (Å²) in [6, 6.07) is 11.8. The molecule has 1 aromatic heterocycles. The maximum absolute atomic E-state index is 5.78. The van der Waals surface area contributed by atoms with Crippen molar-refractivity contribution >= 4 is 17.2 Å². The van der Waals surface area contributed by atoms with Gasteiger partial charge in [0.15, 0.2) is 0 Å². The summed E-state index contributed by atoms with van der Waals surface area (Å²) in [6.45, 7) is 1.98. The van der Waals surface area contributed by atoms with Crippen molar-refractivity contribution in [2.75, 3.05) is 20.0 Å². The lowest BCUT2D eigenvalue weighted by atomic mass is 10.0. The number of nitrogens with two attached hydrogens (primary N) is 1. The van der Waals surface area contributed by atoms with E-state index in [4.69, 9.17) is 15.2 Å². The van der Waals surface area contributed by atoms with Crippen LogP contribution in [-0.2, 0) is 0 Å². The second-order valence-corrected chi connectivity index (χ2v) is 6.00. The highest BCUT2D eigenvalue weighted by Gasteiger charge is 2.15. The number of nitrogens with zero attached hydrogens (tertiary/aromatic N) is 1. The number of hydrogen-bond acceptors (Lipinski definition) is 5. The van der Waals surface area contributed by atoms with Gasteiger partial charge in [0.1, 0.15) is 11.5 Å². The fraction of sp³-hybridized carbons (Fsp3) is 0.167. The topological polar surface area (TPSA) is 57.4 Å². The molecule has 2 aromatic carbocycles. The van der Waals surface area contributed by atoms with Crippen molar-refractivity contribution in [1.29, 1.82) is 0 Å². The number of anilines is 1. The van der Waals surface area contributed by atoms with Crippen LogP contribution in [-0.4, -0.2) is 18.6 Å². The summed E-state index contributed by atoms with van der Waals surface area (Å²) in [5, 5.41) is 0. The van der Waals surface area contributed by atoms with Crippen molar-refractivity contribution in [3.05, 3.63) is 48.2 Å². The van der Waals surface area contributed by atoms with Crippen LogP contribution >= 0.6 is 11.5 Å². The van der Waals surface area contributed by atoms with Crippen molar-refractivity contribution in [3.63, 3.8) is 0 Å². The molecule has 2 N–H and O–H groups in total. The van der Waals surface area contributed by atoms with Gasteiger partial charge in [-0.05, 0) is 48.3 Å². The molecular formula is C18H18N2O2S. The van der Waals surface area contributed by atoms with Gasteiger partial charge in [-0.2, -0.15) is 4.37 Å². The molecular weight excluding hydrogens is 308 g/mol. The molecule has 0 atom stereocenters. The van der Waals surface area contributed by atoms with E-state index in [2.05, 4.69) is 4.37 Å². The molecule has 0 unspecified atom stereocenters. The van der Waals surface area contributed by atoms with Gasteiger partial charge in [0.25, 0.3) is 0 Å². The van der Waals surface area contributed by atoms with E-state index in [-0.39, 0.29) is 0 Å². The van der Waals surface area contributed by atoms with Crippen LogP contribution in [0.5, 0.6) is 11.5 Å². The minimum Gasteiger partial charge on any atom is -0.496 e. The Hall–Kier alpha value is -2.53. The van der Waals surface area contributed by atoms with Gasteiger partial charge in [0.05, 0.1) is 19.1 Å². The smallest absolute Gasteiger partial charge is 0.126 e. The molecule has 0 aliphatic carbocycles. The molecule has 118 valence electrons. The van der Waals surface area contributed by atoms with E-state index in [1.165, 1.54) is 11.5 Å². The zero-order valence-electron chi connectivity index (χ0n) is 13.3. The summed E-state index contributed by atoms with van der Waals surface area (Å²) in [5.74, 6) is 1.60. The van der Waals surface area contributed by atoms with Crippen LogP contribution in [0.1, 0.15) is 5.56 Å². The number of rotatable bonds is 4. The third-order valence-corrected chi connectivity index (χ3v) is 4.66. The highest BCUT2D eigenvalue weighted by atomic mass is 32.1. The first kappa shape index (κ1) is 15.4. The Labute approximate surface area is 139 Å². The van der Waals surface area contributed by atoms with Crippen LogP contribution < -0.4 is 15.2 Å². The summed E-state index contributed by atoms with van der Waals surface area (Å²) in [7, 11) is 3.33. The Morgan fingerprint density at radius 3 is 2.13 bits per heavy atom. The second kappa shape index (κ2) is 6.30. The SMILES string of the molecule is COc1cc(-c2sncc2-c2ccc(N)cc2)cc(OC)c1C. The van der Waals surface area contributed by atoms with Gasteiger partial charge in [-0.1, -0.05) is 12.1 Å². The molecule has 0 fully saturated rings. The quantitative estimate of drug-likeness (QED) is 0.723. The summed E-state index contributed by atoms with van der Waals surface area (Å²) < 4.78 is 15.3. The maximum atomic E-state index is 5.78. The van der Waals surface area contributed by atoms with Crippen LogP contribution in [0.3, 0.4) is 0 Å². The monoisotopic (exact) mass is 326 g/mol. The zero-order chi connectivity index (χ0) is 16.4. The van der Waals surface area contributed by atoms with Gasteiger partial charge in [0, 0.05) is 28.6 Å². The molecule has 0 aliphatic rings. The predicted molar refractivity (Wildman–Crippen MR) is 95.2 cm³/mol. The lowest BCUT2D eigenvalue weighted by Gasteiger charge is -2.12. The second-order valence-electron chi connectivity index (χ2n) is 5.20. The fourth-order valence-electron chi connectivity index (χ4n) is 2.53. The molecule has 3 aromatic rings. The van der Waals surface area contributed by atoms with Crippen molar-refractivity contribution < 1.29 is 9.47 Å². The molecule has 3 rings (SSSR count). The number of ether oxygens (including phenoxy) is 2. The van der Waals surface area contributed by atoms with Crippen LogP contribution in [0.2, 0.25) is 0 Å². The molecule has 0 saturated heterocycles. The third-order valence-electron chi connectivity index (χ3n) is 3.81. The first-order valence-electron chi connectivity index (χ1n) is 7.17. The van der Waals surface area contributed by atoms with Crippen molar-refractivity contribution in [2.24, 2.45) is 0 Å². The normalized spacial score (nSPS) is 10.6. The summed E-state index contributed by atoms with van der Waals surface area (Å²) in [6.07, 6.45) is 1.88. The van der Waals surface area contributed by atoms with Crippen molar-refractivity contribution in [3.8, 4) is 33.1 Å². The number of aromatic nitrogens is 1. The zero-order valence-corrected chi connectivity index (χ0v) is 14.1. The molecule has 5 heteroatoms. The van der Waals surface area contributed by atoms with Gasteiger partial charge in [-0.15, -0.1) is 0 Å². The van der Waals surface area contributed by atoms with Gasteiger partial charge in [-0.3, -0.25) is 0 Å². The fourth-order valence-corrected chi connectivity index (χ4v) is 3.29. The van der Waals surface area contributed by atoms with Crippen molar-refractivity contribution in [1.82, 2.24) is 4.37 Å². The van der Waals surface area contributed by atoms with Gasteiger partial charge in [-0.25, -0.2) is 0 Å². The Morgan fingerprint density at radius 1 is 0.957 bits per heavy atom. The first-order chi connectivity index (χ1) is 11.1. The van der Waals surface area contributed by atoms with E-state index in [0.717, 1.165) is 44.3 Å². The van der Waals surface area contributed by atoms with Crippen LogP contribution in [0.4, 0.5) is 5.69 Å². The lowest BCUT2D eigenvalue weighted by molar-refractivity contribution is 0.389. The highest BCUT2D eigenvalue weighted by molar-refractivity contribution is 7.10. The Balaban J connectivity index is 2.13. The van der Waals surface area contributed by atoms with E-state index < -0.39 is 0 Å². The van der Waals surface area contributed by atoms with E-state index >= 15 is 0 Å². The standard InChI is InChI=1S/C18H18N2O2S/c1-11-16(21-2)8-13(9-17(11)22-3)18-15(10-20-23-18)12-4-6-14(19)7-5-12/h4-10H,19H2,1-3H3. The van der Waals surface area contributed by atoms with Gasteiger partial charge < -0.3 is 15.2 Å². The highest BCUT2D eigenvalue weighted by Crippen LogP contribution is 2.40. The Bertz CT molecular complexity index is 800. The third kappa shape index (κ3) is 2.87. The minimum atomic E-state index is 0.747. The minimum absolute atomic E-state index is 0.747. The maximum Gasteiger partial charge on any atom is 0.126 e. The molecule has 0 radical (unpaired) electrons. The number of methoxy groups -OCH3 is 2. The number of nitrogen functional groups attached to an aromatic ring is 1. The summed E-state index contributed by atoms with van der Waals surface area (Å²) in [5.41, 5.74) is 10.7. The number of hydrogen-bond donors (Lipinski definition) is 1. The van der Waals surface area contributed by atoms with Crippen molar-refractivity contribution in [2.45, 2.75) is 6.92 Å². The lowest BCUT2D eigenvalue weighted by Crippen LogP contribution is -1.93. The van der Waals surface area contributed by atoms with E-state index in [1.54, 1.807) is 14.2 Å². The Morgan fingerprint density at radius 2 is 1.57 bits per heavy atom. The average Bonchev–Trinajstić information content (AvgIpc) is 3.05. The number of benzene rings is 2. The molecule has 4 nitrogen and oxygen atoms in total. The molecule has 0 aliphatic heterocycles. The van der Waals surface area contributed by atoms with E-state index in [1.807, 2.05) is 49.5 Å². The van der Waals surface area contributed by atoms with E-state index in [0.29, 0.717) is 0 Å². The van der Waals surface area contributed by atoms with Crippen LogP contribution in [0, 0.1) is 6.92 Å². The first-order valence-corrected chi connectivity index (χ1v) is 7.95. The molecule has 0 bridgehead atoms. The van der Waals surface area contributed by atoms with Gasteiger partial charge >= 0.3 is 0 Å². The largest absolute Gasteiger partial charge is 0.496 e. The van der Waals surface area contributed by atoms with Crippen LogP contribution in [0.25, 0.3) is 21.6 Å². The molecule has 23 heavy (non-hydrogen) atoms. The molecule has 0 amide bonds. The summed E-state index contributed by atoms with van der Waals surface area (Å²) in [4.78, 5) is 1.08. The Kier molecular flexibility index (Phi) is 4.21. The molecule has 1 heterocycles. The summed E-state index contributed by atoms with van der Waals surface area (Å²) >= 11 is 1.45.